The van der Waals surface area contributed by atoms with Crippen LogP contribution in [0.15, 0.2) is 24.3 Å². The Balaban J connectivity index is 2.32. The number of aryl methyl sites for hydroxylation is 1. The molecule has 0 aromatic heterocycles. The average molecular weight is 323 g/mol. The molecule has 4 heteroatoms. The van der Waals surface area contributed by atoms with Gasteiger partial charge in [0.25, 0.3) is 0 Å². The van der Waals surface area contributed by atoms with E-state index in [1.807, 2.05) is 37.4 Å². The third-order valence-corrected chi connectivity index (χ3v) is 8.36. The summed E-state index contributed by atoms with van der Waals surface area (Å²) in [4.78, 5) is 21.6. The van der Waals surface area contributed by atoms with Gasteiger partial charge < -0.3 is 9.53 Å². The van der Waals surface area contributed by atoms with Crippen molar-refractivity contribution in [2.75, 3.05) is 7.11 Å². The van der Waals surface area contributed by atoms with Gasteiger partial charge in [0.05, 0.1) is 12.7 Å². The summed E-state index contributed by atoms with van der Waals surface area (Å²) in [5, 5.41) is 0.0785. The van der Waals surface area contributed by atoms with E-state index >= 15 is 0 Å². The Morgan fingerprint density at radius 3 is 2.23 bits per heavy atom. The lowest BCUT2D eigenvalue weighted by Crippen LogP contribution is -2.38. The fourth-order valence-electron chi connectivity index (χ4n) is 2.30. The normalized spacial score (nSPS) is 12.3. The van der Waals surface area contributed by atoms with Crippen LogP contribution in [0.25, 0.3) is 0 Å². The van der Waals surface area contributed by atoms with Gasteiger partial charge in [-0.1, -0.05) is 38.8 Å². The third kappa shape index (κ3) is 5.58. The zero-order valence-electron chi connectivity index (χ0n) is 14.6. The topological polar surface area (TPSA) is 46.5 Å². The third-order valence-electron chi connectivity index (χ3n) is 4.80. The van der Waals surface area contributed by atoms with Crippen molar-refractivity contribution >= 4 is 14.3 Å². The number of rotatable bonds is 8. The van der Waals surface area contributed by atoms with E-state index < -0.39 is 8.32 Å². The van der Waals surface area contributed by atoms with E-state index in [1.54, 1.807) is 0 Å². The van der Waals surface area contributed by atoms with Gasteiger partial charge >= 0.3 is 5.97 Å². The minimum atomic E-state index is -2.07. The maximum absolute atomic E-state index is 11.4. The highest BCUT2D eigenvalue weighted by Gasteiger charge is 2.37. The minimum absolute atomic E-state index is 0.0785. The Kier molecular flexibility index (Phi) is 6.82. The maximum atomic E-state index is 11.4. The van der Waals surface area contributed by atoms with E-state index in [9.17, 15) is 9.59 Å². The molecule has 0 heterocycles. The van der Waals surface area contributed by atoms with Crippen molar-refractivity contribution in [3.8, 4) is 0 Å². The molecule has 124 valence electrons. The highest BCUT2D eigenvalue weighted by molar-refractivity contribution is 6.72. The van der Waals surface area contributed by atoms with Gasteiger partial charge in [0.15, 0.2) is 8.32 Å². The molecule has 0 aliphatic rings. The molecule has 0 unspecified atom stereocenters. The van der Waals surface area contributed by atoms with Gasteiger partial charge in [0.1, 0.15) is 0 Å². The molecule has 0 amide bonds. The molecule has 0 aliphatic carbocycles. The SMILES string of the molecule is COC(=O)c1ccc(CCCCCC(C)(C)[Si](C)(C)O)cc1. The zero-order chi connectivity index (χ0) is 16.8. The van der Waals surface area contributed by atoms with E-state index in [-0.39, 0.29) is 11.0 Å². The van der Waals surface area contributed by atoms with Crippen LogP contribution in [0.2, 0.25) is 18.1 Å². The molecule has 1 N–H and O–H groups in total. The summed E-state index contributed by atoms with van der Waals surface area (Å²) in [6.45, 7) is 8.42. The second kappa shape index (κ2) is 7.93. The van der Waals surface area contributed by atoms with Gasteiger partial charge in [-0.3, -0.25) is 0 Å². The Labute approximate surface area is 135 Å². The summed E-state index contributed by atoms with van der Waals surface area (Å²) in [5.74, 6) is -0.287. The van der Waals surface area contributed by atoms with Crippen molar-refractivity contribution in [2.24, 2.45) is 0 Å². The molecule has 3 nitrogen and oxygen atoms in total. The molecule has 0 bridgehead atoms. The number of ether oxygens (including phenoxy) is 1. The van der Waals surface area contributed by atoms with Crippen LogP contribution < -0.4 is 0 Å². The lowest BCUT2D eigenvalue weighted by molar-refractivity contribution is 0.0600. The first-order valence-electron chi connectivity index (χ1n) is 8.07. The van der Waals surface area contributed by atoms with Crippen molar-refractivity contribution in [1.82, 2.24) is 0 Å². The molecule has 1 aromatic rings. The van der Waals surface area contributed by atoms with Crippen molar-refractivity contribution in [3.05, 3.63) is 35.4 Å². The van der Waals surface area contributed by atoms with Gasteiger partial charge in [-0.25, -0.2) is 4.79 Å². The predicted molar refractivity (Wildman–Crippen MR) is 93.7 cm³/mol. The number of methoxy groups -OCH3 is 1. The molecule has 1 aromatic carbocycles. The molecule has 0 atom stereocenters. The fraction of sp³-hybridized carbons (Fsp3) is 0.611. The van der Waals surface area contributed by atoms with Crippen molar-refractivity contribution in [3.63, 3.8) is 0 Å². The number of hydrogen-bond acceptors (Lipinski definition) is 3. The predicted octanol–water partition coefficient (Wildman–Crippen LogP) is 4.55. The number of unbranched alkanes of at least 4 members (excludes halogenated alkanes) is 2. The molecule has 0 fully saturated rings. The van der Waals surface area contributed by atoms with Gasteiger partial charge in [0.2, 0.25) is 0 Å². The summed E-state index contributed by atoms with van der Waals surface area (Å²) in [6, 6.07) is 7.65. The molecule has 1 rings (SSSR count). The van der Waals surface area contributed by atoms with Gasteiger partial charge in [0, 0.05) is 0 Å². The number of esters is 1. The second-order valence-electron chi connectivity index (χ2n) is 7.19. The molecule has 0 aliphatic heterocycles. The first-order valence-corrected chi connectivity index (χ1v) is 11.0. The second-order valence-corrected chi connectivity index (χ2v) is 11.7. The maximum Gasteiger partial charge on any atom is 0.337 e. The highest BCUT2D eigenvalue weighted by atomic mass is 28.4. The van der Waals surface area contributed by atoms with Gasteiger partial charge in [-0.2, -0.15) is 0 Å². The van der Waals surface area contributed by atoms with Crippen molar-refractivity contribution < 1.29 is 14.3 Å². The van der Waals surface area contributed by atoms with E-state index in [0.717, 1.165) is 25.7 Å². The summed E-state index contributed by atoms with van der Waals surface area (Å²) in [6.07, 6.45) is 5.59. The van der Waals surface area contributed by atoms with Crippen LogP contribution in [0.4, 0.5) is 0 Å². The summed E-state index contributed by atoms with van der Waals surface area (Å²) in [7, 11) is -0.676. The van der Waals surface area contributed by atoms with Gasteiger partial charge in [-0.15, -0.1) is 0 Å². The Bertz CT molecular complexity index is 472. The van der Waals surface area contributed by atoms with Crippen LogP contribution in [0.5, 0.6) is 0 Å². The molecular formula is C18H30O3Si. The van der Waals surface area contributed by atoms with Crippen LogP contribution in [-0.2, 0) is 11.2 Å². The first kappa shape index (κ1) is 18.9. The molecule has 0 spiro atoms. The fourth-order valence-corrected chi connectivity index (χ4v) is 3.09. The van der Waals surface area contributed by atoms with E-state index in [0.29, 0.717) is 5.56 Å². The minimum Gasteiger partial charge on any atom is -0.465 e. The molecular weight excluding hydrogens is 292 g/mol. The van der Waals surface area contributed by atoms with E-state index in [1.165, 1.54) is 19.1 Å². The Hall–Kier alpha value is -1.13. The number of benzene rings is 1. The Morgan fingerprint density at radius 2 is 1.73 bits per heavy atom. The quantitative estimate of drug-likeness (QED) is 0.434. The molecule has 0 radical (unpaired) electrons. The first-order chi connectivity index (χ1) is 10.2. The summed E-state index contributed by atoms with van der Waals surface area (Å²) >= 11 is 0. The molecule has 22 heavy (non-hydrogen) atoms. The van der Waals surface area contributed by atoms with Gasteiger partial charge in [-0.05, 0) is 55.1 Å². The Morgan fingerprint density at radius 1 is 1.14 bits per heavy atom. The average Bonchev–Trinajstić information content (AvgIpc) is 2.45. The van der Waals surface area contributed by atoms with Crippen LogP contribution in [0.3, 0.4) is 0 Å². The highest BCUT2D eigenvalue weighted by Crippen LogP contribution is 2.40. The summed E-state index contributed by atoms with van der Waals surface area (Å²) in [5.41, 5.74) is 1.85. The zero-order valence-corrected chi connectivity index (χ0v) is 15.6. The number of hydrogen-bond donors (Lipinski definition) is 1. The lowest BCUT2D eigenvalue weighted by Gasteiger charge is -2.35. The lowest BCUT2D eigenvalue weighted by atomic mass is 10.0. The monoisotopic (exact) mass is 322 g/mol. The van der Waals surface area contributed by atoms with Crippen molar-refractivity contribution in [1.29, 1.82) is 0 Å². The van der Waals surface area contributed by atoms with E-state index in [4.69, 9.17) is 4.74 Å². The number of carbonyl (C=O) groups excluding carboxylic acids is 1. The van der Waals surface area contributed by atoms with Crippen LogP contribution >= 0.6 is 0 Å². The van der Waals surface area contributed by atoms with Crippen LogP contribution in [0, 0.1) is 0 Å². The largest absolute Gasteiger partial charge is 0.465 e. The molecule has 0 saturated heterocycles. The standard InChI is InChI=1S/C18H30O3Si/c1-18(2,22(4,5)20)14-8-6-7-9-15-10-12-16(13-11-15)17(19)21-3/h10-13,20H,6-9,14H2,1-5H3. The van der Waals surface area contributed by atoms with E-state index in [2.05, 4.69) is 13.8 Å². The summed E-state index contributed by atoms with van der Waals surface area (Å²) < 4.78 is 4.69. The van der Waals surface area contributed by atoms with Crippen LogP contribution in [0.1, 0.15) is 55.5 Å². The van der Waals surface area contributed by atoms with Crippen LogP contribution in [-0.4, -0.2) is 26.2 Å². The van der Waals surface area contributed by atoms with Crippen molar-refractivity contribution in [2.45, 2.75) is 64.1 Å². The molecule has 0 saturated carbocycles. The smallest absolute Gasteiger partial charge is 0.337 e. The number of carbonyl (C=O) groups is 1.